The van der Waals surface area contributed by atoms with Gasteiger partial charge in [-0.3, -0.25) is 4.90 Å². The number of pyridine rings is 1. The lowest BCUT2D eigenvalue weighted by Gasteiger charge is -2.21. The Bertz CT molecular complexity index is 860. The highest BCUT2D eigenvalue weighted by molar-refractivity contribution is 5.83. The Hall–Kier alpha value is -2.39. The highest BCUT2D eigenvalue weighted by Gasteiger charge is 2.22. The van der Waals surface area contributed by atoms with Gasteiger partial charge < -0.3 is 4.74 Å². The van der Waals surface area contributed by atoms with Gasteiger partial charge in [0.15, 0.2) is 0 Å². The number of benzene rings is 2. The number of rotatable bonds is 2. The minimum Gasteiger partial charge on any atom is -0.473 e. The van der Waals surface area contributed by atoms with E-state index >= 15 is 0 Å². The third-order valence-electron chi connectivity index (χ3n) is 4.56. The summed E-state index contributed by atoms with van der Waals surface area (Å²) in [5.74, 6) is 0.792. The average Bonchev–Trinajstić information content (AvgIpc) is 2.71. The lowest BCUT2D eigenvalue weighted by molar-refractivity contribution is 0.153. The van der Waals surface area contributed by atoms with Crippen molar-refractivity contribution in [2.75, 3.05) is 6.54 Å². The molecule has 0 saturated heterocycles. The Morgan fingerprint density at radius 2 is 1.96 bits per heavy atom. The van der Waals surface area contributed by atoms with Gasteiger partial charge in [-0.05, 0) is 31.0 Å². The van der Waals surface area contributed by atoms with E-state index in [1.165, 1.54) is 22.1 Å². The molecule has 2 heterocycles. The maximum Gasteiger partial charge on any atom is 0.218 e. The van der Waals surface area contributed by atoms with Crippen LogP contribution in [0.15, 0.2) is 54.6 Å². The molecule has 2 aromatic carbocycles. The van der Waals surface area contributed by atoms with Crippen LogP contribution in [0.4, 0.5) is 0 Å². The molecular weight excluding hydrogens is 296 g/mol. The molecule has 24 heavy (non-hydrogen) atoms. The summed E-state index contributed by atoms with van der Waals surface area (Å²) in [6.07, 6.45) is 0.129. The van der Waals surface area contributed by atoms with Crippen molar-refractivity contribution in [3.63, 3.8) is 0 Å². The molecule has 3 heteroatoms. The first-order valence-corrected chi connectivity index (χ1v) is 8.51. The monoisotopic (exact) mass is 318 g/mol. The standard InChI is InChI=1S/C21H22N2O/c1-15-7-6-10-18-11-19-14-23(13-17-8-4-3-5-9-17)12-16(2)24-21(19)22-20(15)18/h3-11,16H,12-14H2,1-2H3/t16-/m1/s1. The van der Waals surface area contributed by atoms with Crippen LogP contribution < -0.4 is 4.74 Å². The van der Waals surface area contributed by atoms with Crippen molar-refractivity contribution < 1.29 is 4.74 Å². The van der Waals surface area contributed by atoms with E-state index in [4.69, 9.17) is 9.72 Å². The van der Waals surface area contributed by atoms with E-state index < -0.39 is 0 Å². The molecule has 0 amide bonds. The molecule has 0 fully saturated rings. The molecule has 0 bridgehead atoms. The maximum atomic E-state index is 6.14. The summed E-state index contributed by atoms with van der Waals surface area (Å²) >= 11 is 0. The number of para-hydroxylation sites is 1. The van der Waals surface area contributed by atoms with Crippen molar-refractivity contribution in [3.8, 4) is 5.88 Å². The van der Waals surface area contributed by atoms with Crippen molar-refractivity contribution in [2.45, 2.75) is 33.0 Å². The highest BCUT2D eigenvalue weighted by Crippen LogP contribution is 2.29. The van der Waals surface area contributed by atoms with Crippen LogP contribution in [0.1, 0.15) is 23.6 Å². The zero-order valence-electron chi connectivity index (χ0n) is 14.2. The SMILES string of the molecule is Cc1cccc2cc3c(nc12)O[C@H](C)CN(Cc1ccccc1)C3. The van der Waals surface area contributed by atoms with Gasteiger partial charge in [-0.1, -0.05) is 48.5 Å². The molecule has 3 aromatic rings. The summed E-state index contributed by atoms with van der Waals surface area (Å²) in [6.45, 7) is 6.92. The number of ether oxygens (including phenoxy) is 1. The summed E-state index contributed by atoms with van der Waals surface area (Å²) in [7, 11) is 0. The molecule has 0 aliphatic carbocycles. The third-order valence-corrected chi connectivity index (χ3v) is 4.56. The molecule has 0 saturated carbocycles. The van der Waals surface area contributed by atoms with Crippen molar-refractivity contribution >= 4 is 10.9 Å². The molecule has 1 aliphatic rings. The molecule has 122 valence electrons. The summed E-state index contributed by atoms with van der Waals surface area (Å²) in [5, 5.41) is 1.19. The predicted molar refractivity (Wildman–Crippen MR) is 97.1 cm³/mol. The molecule has 0 spiro atoms. The molecule has 1 atom stereocenters. The average molecular weight is 318 g/mol. The van der Waals surface area contributed by atoms with Gasteiger partial charge in [-0.25, -0.2) is 4.98 Å². The quantitative estimate of drug-likeness (QED) is 0.703. The van der Waals surface area contributed by atoms with Crippen molar-refractivity contribution in [1.82, 2.24) is 9.88 Å². The second-order valence-electron chi connectivity index (χ2n) is 6.68. The van der Waals surface area contributed by atoms with Crippen LogP contribution in [0.3, 0.4) is 0 Å². The van der Waals surface area contributed by atoms with Crippen molar-refractivity contribution in [3.05, 3.63) is 71.3 Å². The molecule has 3 nitrogen and oxygen atoms in total. The van der Waals surface area contributed by atoms with Crippen LogP contribution in [0.5, 0.6) is 5.88 Å². The normalized spacial score (nSPS) is 18.0. The number of fused-ring (bicyclic) bond motifs is 2. The topological polar surface area (TPSA) is 25.4 Å². The smallest absolute Gasteiger partial charge is 0.218 e. The fraction of sp³-hybridized carbons (Fsp3) is 0.286. The van der Waals surface area contributed by atoms with Gasteiger partial charge in [-0.15, -0.1) is 0 Å². The zero-order valence-corrected chi connectivity index (χ0v) is 14.2. The molecule has 1 aliphatic heterocycles. The minimum absolute atomic E-state index is 0.129. The van der Waals surface area contributed by atoms with Crippen LogP contribution in [0, 0.1) is 6.92 Å². The van der Waals surface area contributed by atoms with E-state index in [-0.39, 0.29) is 6.10 Å². The minimum atomic E-state index is 0.129. The Morgan fingerprint density at radius 3 is 2.79 bits per heavy atom. The Kier molecular flexibility index (Phi) is 3.95. The molecule has 1 aromatic heterocycles. The van der Waals surface area contributed by atoms with Gasteiger partial charge in [-0.2, -0.15) is 0 Å². The maximum absolute atomic E-state index is 6.14. The summed E-state index contributed by atoms with van der Waals surface area (Å²) in [4.78, 5) is 7.26. The number of aryl methyl sites for hydroxylation is 1. The first-order chi connectivity index (χ1) is 11.7. The summed E-state index contributed by atoms with van der Waals surface area (Å²) in [5.41, 5.74) is 4.74. The van der Waals surface area contributed by atoms with Crippen molar-refractivity contribution in [2.24, 2.45) is 0 Å². The van der Waals surface area contributed by atoms with E-state index in [1.807, 2.05) is 0 Å². The van der Waals surface area contributed by atoms with E-state index in [0.29, 0.717) is 0 Å². The fourth-order valence-electron chi connectivity index (χ4n) is 3.45. The third kappa shape index (κ3) is 3.00. The number of hydrogen-bond acceptors (Lipinski definition) is 3. The summed E-state index contributed by atoms with van der Waals surface area (Å²) in [6, 6.07) is 19.2. The molecule has 0 unspecified atom stereocenters. The first-order valence-electron chi connectivity index (χ1n) is 8.51. The molecule has 0 radical (unpaired) electrons. The summed E-state index contributed by atoms with van der Waals surface area (Å²) < 4.78 is 6.14. The van der Waals surface area contributed by atoms with Crippen LogP contribution in [-0.4, -0.2) is 22.5 Å². The Morgan fingerprint density at radius 1 is 1.12 bits per heavy atom. The van der Waals surface area contributed by atoms with Crippen LogP contribution >= 0.6 is 0 Å². The zero-order chi connectivity index (χ0) is 16.5. The predicted octanol–water partition coefficient (Wildman–Crippen LogP) is 4.33. The van der Waals surface area contributed by atoms with E-state index in [9.17, 15) is 0 Å². The molecule has 0 N–H and O–H groups in total. The van der Waals surface area contributed by atoms with Crippen molar-refractivity contribution in [1.29, 1.82) is 0 Å². The van der Waals surface area contributed by atoms with Crippen LogP contribution in [0.2, 0.25) is 0 Å². The molecule has 4 rings (SSSR count). The number of hydrogen-bond donors (Lipinski definition) is 0. The second kappa shape index (κ2) is 6.25. The lowest BCUT2D eigenvalue weighted by atomic mass is 10.1. The Balaban J connectivity index is 1.69. The van der Waals surface area contributed by atoms with Gasteiger partial charge in [0.05, 0.1) is 5.52 Å². The van der Waals surface area contributed by atoms with Gasteiger partial charge in [0.2, 0.25) is 5.88 Å². The highest BCUT2D eigenvalue weighted by atomic mass is 16.5. The van der Waals surface area contributed by atoms with Gasteiger partial charge in [0, 0.05) is 30.6 Å². The lowest BCUT2D eigenvalue weighted by Crippen LogP contribution is -2.30. The number of aromatic nitrogens is 1. The number of nitrogens with zero attached hydrogens (tertiary/aromatic N) is 2. The van der Waals surface area contributed by atoms with Gasteiger partial charge >= 0.3 is 0 Å². The second-order valence-corrected chi connectivity index (χ2v) is 6.68. The van der Waals surface area contributed by atoms with Crippen LogP contribution in [0.25, 0.3) is 10.9 Å². The van der Waals surface area contributed by atoms with Gasteiger partial charge in [0.25, 0.3) is 0 Å². The van der Waals surface area contributed by atoms with E-state index in [2.05, 4.69) is 73.3 Å². The van der Waals surface area contributed by atoms with Gasteiger partial charge in [0.1, 0.15) is 6.10 Å². The first kappa shape index (κ1) is 15.2. The van der Waals surface area contributed by atoms with Crippen LogP contribution in [-0.2, 0) is 13.1 Å². The van der Waals surface area contributed by atoms with E-state index in [1.54, 1.807) is 0 Å². The van der Waals surface area contributed by atoms with E-state index in [0.717, 1.165) is 31.0 Å². The fourth-order valence-corrected chi connectivity index (χ4v) is 3.45. The Labute approximate surface area is 142 Å². The molecular formula is C21H22N2O. The largest absolute Gasteiger partial charge is 0.473 e.